The number of ether oxygens (including phenoxy) is 2. The van der Waals surface area contributed by atoms with Gasteiger partial charge in [-0.1, -0.05) is 23.7 Å². The molecule has 1 heterocycles. The van der Waals surface area contributed by atoms with Gasteiger partial charge in [0.25, 0.3) is 10.0 Å². The van der Waals surface area contributed by atoms with E-state index in [9.17, 15) is 26.8 Å². The monoisotopic (exact) mass is 601 g/mol. The maximum atomic E-state index is 14.9. The number of nitrogens with zero attached hydrogens (tertiary/aromatic N) is 1. The minimum absolute atomic E-state index is 0.0906. The number of urea groups is 1. The summed E-state index contributed by atoms with van der Waals surface area (Å²) in [6.45, 7) is 9.05. The van der Waals surface area contributed by atoms with E-state index in [2.05, 4.69) is 5.32 Å². The highest BCUT2D eigenvalue weighted by Gasteiger charge is 2.35. The van der Waals surface area contributed by atoms with Crippen LogP contribution in [-0.2, 0) is 14.8 Å². The van der Waals surface area contributed by atoms with Gasteiger partial charge >= 0.3 is 12.1 Å². The lowest BCUT2D eigenvalue weighted by atomic mass is 9.81. The number of amides is 3. The standard InChI is InChI=1S/C27H34ClF2N3O6S/c1-16(2)31-25(34)32-40(36,37)24-13-21(29)23(12-22(24)30)38-15-18-14-33(26(35)39-27(3,4)5)11-10-20(18)17-6-8-19(28)9-7-17/h6-9,12-13,16,18,20H,10-11,14-15H2,1-5H3,(H2,31,32,34)/t18-,20-/m0/s1. The molecule has 3 amide bonds. The quantitative estimate of drug-likeness (QED) is 0.437. The Morgan fingerprint density at radius 3 is 2.38 bits per heavy atom. The number of nitrogens with one attached hydrogen (secondary N) is 2. The van der Waals surface area contributed by atoms with Gasteiger partial charge in [-0.25, -0.2) is 31.5 Å². The van der Waals surface area contributed by atoms with Crippen molar-refractivity contribution in [3.8, 4) is 5.75 Å². The van der Waals surface area contributed by atoms with Gasteiger partial charge in [0.05, 0.1) is 6.61 Å². The molecule has 1 saturated heterocycles. The summed E-state index contributed by atoms with van der Waals surface area (Å²) < 4.78 is 67.5. The molecule has 13 heteroatoms. The molecule has 0 saturated carbocycles. The summed E-state index contributed by atoms with van der Waals surface area (Å²) in [5, 5.41) is 2.86. The second kappa shape index (κ2) is 12.6. The summed E-state index contributed by atoms with van der Waals surface area (Å²) in [5.41, 5.74) is 0.254. The molecule has 2 atom stereocenters. The number of hydrogen-bond acceptors (Lipinski definition) is 6. The van der Waals surface area contributed by atoms with Crippen molar-refractivity contribution in [3.05, 3.63) is 58.6 Å². The van der Waals surface area contributed by atoms with Gasteiger partial charge in [-0.05, 0) is 64.7 Å². The minimum atomic E-state index is -4.69. The SMILES string of the molecule is CC(C)NC(=O)NS(=O)(=O)c1cc(F)c(OC[C@@H]2CN(C(=O)OC(C)(C)C)CC[C@H]2c2ccc(Cl)cc2)cc1F. The van der Waals surface area contributed by atoms with Crippen LogP contribution in [0.5, 0.6) is 5.75 Å². The van der Waals surface area contributed by atoms with Crippen molar-refractivity contribution in [1.82, 2.24) is 14.9 Å². The largest absolute Gasteiger partial charge is 0.490 e. The van der Waals surface area contributed by atoms with Gasteiger partial charge in [-0.3, -0.25) is 0 Å². The Bertz CT molecular complexity index is 1330. The second-order valence-electron chi connectivity index (χ2n) is 10.9. The van der Waals surface area contributed by atoms with E-state index in [0.717, 1.165) is 5.56 Å². The summed E-state index contributed by atoms with van der Waals surface area (Å²) in [6, 6.07) is 6.86. The summed E-state index contributed by atoms with van der Waals surface area (Å²) in [7, 11) is -4.69. The maximum absolute atomic E-state index is 14.9. The third kappa shape index (κ3) is 8.44. The van der Waals surface area contributed by atoms with Crippen molar-refractivity contribution in [2.45, 2.75) is 63.5 Å². The highest BCUT2D eigenvalue weighted by molar-refractivity contribution is 7.90. The lowest BCUT2D eigenvalue weighted by Crippen LogP contribution is -2.46. The molecule has 0 bridgehead atoms. The van der Waals surface area contributed by atoms with Gasteiger partial charge in [-0.2, -0.15) is 0 Å². The Labute approximate surface area is 238 Å². The van der Waals surface area contributed by atoms with Crippen LogP contribution < -0.4 is 14.8 Å². The van der Waals surface area contributed by atoms with E-state index < -0.39 is 50.0 Å². The van der Waals surface area contributed by atoms with E-state index in [1.54, 1.807) is 56.4 Å². The van der Waals surface area contributed by atoms with Crippen LogP contribution in [0.2, 0.25) is 5.02 Å². The van der Waals surface area contributed by atoms with E-state index in [-0.39, 0.29) is 31.0 Å². The minimum Gasteiger partial charge on any atom is -0.490 e. The molecule has 1 fully saturated rings. The van der Waals surface area contributed by atoms with Gasteiger partial charge in [0.2, 0.25) is 0 Å². The van der Waals surface area contributed by atoms with Crippen LogP contribution in [0.3, 0.4) is 0 Å². The molecule has 9 nitrogen and oxygen atoms in total. The third-order valence-electron chi connectivity index (χ3n) is 6.06. The zero-order valence-electron chi connectivity index (χ0n) is 23.0. The Morgan fingerprint density at radius 2 is 1.77 bits per heavy atom. The molecule has 2 aromatic rings. The average molecular weight is 602 g/mol. The zero-order chi connectivity index (χ0) is 29.8. The van der Waals surface area contributed by atoms with Crippen molar-refractivity contribution >= 4 is 33.7 Å². The predicted molar refractivity (Wildman–Crippen MR) is 146 cm³/mol. The highest BCUT2D eigenvalue weighted by atomic mass is 35.5. The summed E-state index contributed by atoms with van der Waals surface area (Å²) >= 11 is 6.04. The summed E-state index contributed by atoms with van der Waals surface area (Å²) in [5.74, 6) is -3.36. The van der Waals surface area contributed by atoms with Crippen molar-refractivity contribution in [2.24, 2.45) is 5.92 Å². The molecular weight excluding hydrogens is 568 g/mol. The number of carbonyl (C=O) groups is 2. The molecule has 2 N–H and O–H groups in total. The smallest absolute Gasteiger partial charge is 0.410 e. The van der Waals surface area contributed by atoms with Gasteiger partial charge in [0.1, 0.15) is 16.3 Å². The number of sulfonamides is 1. The normalized spacial score (nSPS) is 17.9. The molecule has 0 spiro atoms. The zero-order valence-corrected chi connectivity index (χ0v) is 24.5. The van der Waals surface area contributed by atoms with Crippen LogP contribution in [0, 0.1) is 17.6 Å². The van der Waals surface area contributed by atoms with Crippen LogP contribution in [0.15, 0.2) is 41.3 Å². The molecule has 0 unspecified atom stereocenters. The topological polar surface area (TPSA) is 114 Å². The van der Waals surface area contributed by atoms with E-state index in [1.165, 1.54) is 0 Å². The number of piperidine rings is 1. The van der Waals surface area contributed by atoms with Crippen LogP contribution in [0.4, 0.5) is 18.4 Å². The van der Waals surface area contributed by atoms with Gasteiger partial charge < -0.3 is 19.7 Å². The first-order chi connectivity index (χ1) is 18.6. The van der Waals surface area contributed by atoms with Gasteiger partial charge in [-0.15, -0.1) is 0 Å². The number of rotatable bonds is 7. The van der Waals surface area contributed by atoms with Crippen molar-refractivity contribution < 1.29 is 36.3 Å². The Balaban J connectivity index is 1.81. The first kappa shape index (κ1) is 31.4. The first-order valence-corrected chi connectivity index (χ1v) is 14.6. The lowest BCUT2D eigenvalue weighted by molar-refractivity contribution is 0.0110. The molecule has 40 heavy (non-hydrogen) atoms. The van der Waals surface area contributed by atoms with Crippen molar-refractivity contribution in [2.75, 3.05) is 19.7 Å². The lowest BCUT2D eigenvalue weighted by Gasteiger charge is -2.39. The number of halogens is 3. The molecular formula is C27H34ClF2N3O6S. The van der Waals surface area contributed by atoms with E-state index >= 15 is 0 Å². The second-order valence-corrected chi connectivity index (χ2v) is 13.0. The van der Waals surface area contributed by atoms with E-state index in [0.29, 0.717) is 30.1 Å². The summed E-state index contributed by atoms with van der Waals surface area (Å²) in [6.07, 6.45) is 0.0698. The number of hydrogen-bond donors (Lipinski definition) is 2. The Morgan fingerprint density at radius 1 is 1.12 bits per heavy atom. The van der Waals surface area contributed by atoms with E-state index in [4.69, 9.17) is 21.1 Å². The number of benzene rings is 2. The third-order valence-corrected chi connectivity index (χ3v) is 7.66. The predicted octanol–water partition coefficient (Wildman–Crippen LogP) is 5.43. The molecule has 3 rings (SSSR count). The fourth-order valence-electron chi connectivity index (χ4n) is 4.33. The van der Waals surface area contributed by atoms with Crippen LogP contribution >= 0.6 is 11.6 Å². The number of likely N-dealkylation sites (tertiary alicyclic amines) is 1. The van der Waals surface area contributed by atoms with E-state index in [1.807, 2.05) is 12.1 Å². The number of carbonyl (C=O) groups excluding carboxylic acids is 2. The van der Waals surface area contributed by atoms with Crippen LogP contribution in [0.25, 0.3) is 0 Å². The molecule has 2 aromatic carbocycles. The van der Waals surface area contributed by atoms with Crippen molar-refractivity contribution in [3.63, 3.8) is 0 Å². The molecule has 1 aliphatic rings. The summed E-state index contributed by atoms with van der Waals surface area (Å²) in [4.78, 5) is 25.1. The highest BCUT2D eigenvalue weighted by Crippen LogP contribution is 2.35. The first-order valence-electron chi connectivity index (χ1n) is 12.7. The Hall–Kier alpha value is -3.12. The fraction of sp³-hybridized carbons (Fsp3) is 0.481. The molecule has 0 radical (unpaired) electrons. The maximum Gasteiger partial charge on any atom is 0.410 e. The van der Waals surface area contributed by atoms with Crippen molar-refractivity contribution in [1.29, 1.82) is 0 Å². The average Bonchev–Trinajstić information content (AvgIpc) is 2.82. The van der Waals surface area contributed by atoms with Gasteiger partial charge in [0.15, 0.2) is 11.6 Å². The van der Waals surface area contributed by atoms with Crippen LogP contribution in [0.1, 0.15) is 52.5 Å². The van der Waals surface area contributed by atoms with Crippen LogP contribution in [-0.4, -0.2) is 56.8 Å². The molecule has 0 aromatic heterocycles. The molecule has 0 aliphatic carbocycles. The Kier molecular flexibility index (Phi) is 9.89. The molecule has 220 valence electrons. The fourth-order valence-corrected chi connectivity index (χ4v) is 5.45. The van der Waals surface area contributed by atoms with Gasteiger partial charge in [0, 0.05) is 42.2 Å². The molecule has 1 aliphatic heterocycles.